The van der Waals surface area contributed by atoms with Crippen LogP contribution < -0.4 is 16.6 Å². The van der Waals surface area contributed by atoms with Crippen LogP contribution in [0.5, 0.6) is 0 Å². The molecule has 1 aromatic rings. The standard InChI is InChI=1S/C15H24N4O/c1-11-5-6-14(18-16)13(9-11)15(20)17-10-12(2)19-7-3-4-8-19/h5-6,9,12,18H,3-4,7-8,10,16H2,1-2H3,(H,17,20). The topological polar surface area (TPSA) is 70.4 Å². The highest BCUT2D eigenvalue weighted by Gasteiger charge is 2.19. The fourth-order valence-electron chi connectivity index (χ4n) is 2.62. The largest absolute Gasteiger partial charge is 0.350 e. The predicted octanol–water partition coefficient (Wildman–Crippen LogP) is 1.49. The third-order valence-corrected chi connectivity index (χ3v) is 3.90. The summed E-state index contributed by atoms with van der Waals surface area (Å²) < 4.78 is 0. The molecule has 0 aliphatic carbocycles. The Kier molecular flexibility index (Phi) is 4.98. The molecule has 1 atom stereocenters. The molecule has 1 saturated heterocycles. The minimum Gasteiger partial charge on any atom is -0.350 e. The van der Waals surface area contributed by atoms with E-state index in [4.69, 9.17) is 5.84 Å². The Balaban J connectivity index is 1.95. The molecule has 1 unspecified atom stereocenters. The highest BCUT2D eigenvalue weighted by Crippen LogP contribution is 2.16. The number of nitrogens with one attached hydrogen (secondary N) is 2. The Morgan fingerprint density at radius 2 is 2.10 bits per heavy atom. The van der Waals surface area contributed by atoms with E-state index in [0.29, 0.717) is 23.8 Å². The maximum absolute atomic E-state index is 12.3. The number of hydrogen-bond donors (Lipinski definition) is 3. The maximum atomic E-state index is 12.3. The summed E-state index contributed by atoms with van der Waals surface area (Å²) in [5, 5.41) is 3.00. The third-order valence-electron chi connectivity index (χ3n) is 3.90. The van der Waals surface area contributed by atoms with E-state index in [1.54, 1.807) is 0 Å². The van der Waals surface area contributed by atoms with Crippen molar-refractivity contribution in [3.05, 3.63) is 29.3 Å². The van der Waals surface area contributed by atoms with E-state index >= 15 is 0 Å². The first-order valence-corrected chi connectivity index (χ1v) is 7.21. The van der Waals surface area contributed by atoms with Crippen LogP contribution in [0.1, 0.15) is 35.7 Å². The number of hydrazine groups is 1. The average molecular weight is 276 g/mol. The molecule has 0 aromatic heterocycles. The van der Waals surface area contributed by atoms with E-state index < -0.39 is 0 Å². The second-order valence-electron chi connectivity index (χ2n) is 5.50. The first kappa shape index (κ1) is 14.8. The predicted molar refractivity (Wildman–Crippen MR) is 81.6 cm³/mol. The van der Waals surface area contributed by atoms with E-state index in [0.717, 1.165) is 18.7 Å². The zero-order valence-electron chi connectivity index (χ0n) is 12.3. The van der Waals surface area contributed by atoms with Gasteiger partial charge in [0.1, 0.15) is 0 Å². The first-order chi connectivity index (χ1) is 9.61. The summed E-state index contributed by atoms with van der Waals surface area (Å²) in [7, 11) is 0. The molecular formula is C15H24N4O. The number of aryl methyl sites for hydroxylation is 1. The number of nitrogens with two attached hydrogens (primary N) is 1. The van der Waals surface area contributed by atoms with Crippen LogP contribution in [0.25, 0.3) is 0 Å². The van der Waals surface area contributed by atoms with Gasteiger partial charge >= 0.3 is 0 Å². The molecule has 1 fully saturated rings. The molecule has 110 valence electrons. The van der Waals surface area contributed by atoms with Crippen molar-refractivity contribution < 1.29 is 4.79 Å². The van der Waals surface area contributed by atoms with Gasteiger partial charge in [-0.3, -0.25) is 15.5 Å². The fourth-order valence-corrected chi connectivity index (χ4v) is 2.62. The van der Waals surface area contributed by atoms with Crippen molar-refractivity contribution >= 4 is 11.6 Å². The molecule has 1 aliphatic rings. The van der Waals surface area contributed by atoms with Crippen molar-refractivity contribution in [2.45, 2.75) is 32.7 Å². The average Bonchev–Trinajstić information content (AvgIpc) is 2.98. The zero-order valence-corrected chi connectivity index (χ0v) is 12.3. The molecule has 1 aliphatic heterocycles. The number of benzene rings is 1. The van der Waals surface area contributed by atoms with Crippen molar-refractivity contribution in [1.29, 1.82) is 0 Å². The number of likely N-dealkylation sites (tertiary alicyclic amines) is 1. The summed E-state index contributed by atoms with van der Waals surface area (Å²) in [4.78, 5) is 14.7. The minimum absolute atomic E-state index is 0.0762. The third kappa shape index (κ3) is 3.49. The Labute approximate surface area is 120 Å². The van der Waals surface area contributed by atoms with E-state index in [1.165, 1.54) is 12.8 Å². The van der Waals surface area contributed by atoms with Crippen molar-refractivity contribution in [2.24, 2.45) is 5.84 Å². The Morgan fingerprint density at radius 3 is 2.75 bits per heavy atom. The lowest BCUT2D eigenvalue weighted by atomic mass is 10.1. The number of carbonyl (C=O) groups excluding carboxylic acids is 1. The number of nitrogen functional groups attached to an aromatic ring is 1. The summed E-state index contributed by atoms with van der Waals surface area (Å²) in [6, 6.07) is 5.98. The number of anilines is 1. The summed E-state index contributed by atoms with van der Waals surface area (Å²) in [6.07, 6.45) is 2.52. The van der Waals surface area contributed by atoms with Gasteiger partial charge in [0.05, 0.1) is 11.3 Å². The van der Waals surface area contributed by atoms with Gasteiger partial charge in [-0.1, -0.05) is 11.6 Å². The number of hydrogen-bond acceptors (Lipinski definition) is 4. The van der Waals surface area contributed by atoms with E-state index in [9.17, 15) is 4.79 Å². The summed E-state index contributed by atoms with van der Waals surface area (Å²) in [5.41, 5.74) is 4.87. The Hall–Kier alpha value is -1.59. The molecule has 1 amide bonds. The monoisotopic (exact) mass is 276 g/mol. The van der Waals surface area contributed by atoms with Gasteiger partial charge in [-0.15, -0.1) is 0 Å². The van der Waals surface area contributed by atoms with Crippen LogP contribution in [-0.2, 0) is 0 Å². The number of amides is 1. The number of nitrogens with zero attached hydrogens (tertiary/aromatic N) is 1. The molecule has 5 nitrogen and oxygen atoms in total. The number of rotatable bonds is 5. The smallest absolute Gasteiger partial charge is 0.253 e. The molecular weight excluding hydrogens is 252 g/mol. The highest BCUT2D eigenvalue weighted by molar-refractivity contribution is 5.99. The molecule has 0 bridgehead atoms. The summed E-state index contributed by atoms with van der Waals surface area (Å²) >= 11 is 0. The maximum Gasteiger partial charge on any atom is 0.253 e. The first-order valence-electron chi connectivity index (χ1n) is 7.21. The van der Waals surface area contributed by atoms with E-state index in [2.05, 4.69) is 22.6 Å². The van der Waals surface area contributed by atoms with Gasteiger partial charge in [-0.25, -0.2) is 0 Å². The van der Waals surface area contributed by atoms with Gasteiger partial charge < -0.3 is 10.7 Å². The van der Waals surface area contributed by atoms with Crippen molar-refractivity contribution in [1.82, 2.24) is 10.2 Å². The highest BCUT2D eigenvalue weighted by atomic mass is 16.1. The van der Waals surface area contributed by atoms with Gasteiger partial charge in [0.15, 0.2) is 0 Å². The van der Waals surface area contributed by atoms with E-state index in [-0.39, 0.29) is 5.91 Å². The summed E-state index contributed by atoms with van der Waals surface area (Å²) in [5.74, 6) is 5.38. The van der Waals surface area contributed by atoms with Crippen LogP contribution in [0.2, 0.25) is 0 Å². The lowest BCUT2D eigenvalue weighted by Gasteiger charge is -2.24. The molecule has 4 N–H and O–H groups in total. The molecule has 0 spiro atoms. The quantitative estimate of drug-likeness (QED) is 0.563. The van der Waals surface area contributed by atoms with Crippen LogP contribution >= 0.6 is 0 Å². The molecule has 0 saturated carbocycles. The van der Waals surface area contributed by atoms with Crippen LogP contribution in [0, 0.1) is 6.92 Å². The Morgan fingerprint density at radius 1 is 1.40 bits per heavy atom. The molecule has 20 heavy (non-hydrogen) atoms. The second kappa shape index (κ2) is 6.72. The number of carbonyl (C=O) groups is 1. The fraction of sp³-hybridized carbons (Fsp3) is 0.533. The minimum atomic E-state index is -0.0762. The van der Waals surface area contributed by atoms with Crippen LogP contribution in [-0.4, -0.2) is 36.5 Å². The van der Waals surface area contributed by atoms with Gasteiger partial charge in [-0.05, 0) is 51.9 Å². The molecule has 5 heteroatoms. The Bertz CT molecular complexity index is 469. The van der Waals surface area contributed by atoms with Crippen molar-refractivity contribution in [2.75, 3.05) is 25.1 Å². The van der Waals surface area contributed by atoms with Crippen LogP contribution in [0.3, 0.4) is 0 Å². The SMILES string of the molecule is Cc1ccc(NN)c(C(=O)NCC(C)N2CCCC2)c1. The van der Waals surface area contributed by atoms with Gasteiger partial charge in [0.25, 0.3) is 5.91 Å². The zero-order chi connectivity index (χ0) is 14.5. The lowest BCUT2D eigenvalue weighted by molar-refractivity contribution is 0.0941. The summed E-state index contributed by atoms with van der Waals surface area (Å²) in [6.45, 7) is 7.05. The lowest BCUT2D eigenvalue weighted by Crippen LogP contribution is -2.40. The van der Waals surface area contributed by atoms with Gasteiger partial charge in [0, 0.05) is 12.6 Å². The van der Waals surface area contributed by atoms with Crippen LogP contribution in [0.4, 0.5) is 5.69 Å². The normalized spacial score (nSPS) is 16.9. The molecule has 0 radical (unpaired) electrons. The van der Waals surface area contributed by atoms with Crippen LogP contribution in [0.15, 0.2) is 18.2 Å². The molecule has 1 aromatic carbocycles. The van der Waals surface area contributed by atoms with E-state index in [1.807, 2.05) is 25.1 Å². The van der Waals surface area contributed by atoms with Crippen molar-refractivity contribution in [3.8, 4) is 0 Å². The van der Waals surface area contributed by atoms with Gasteiger partial charge in [0.2, 0.25) is 0 Å². The van der Waals surface area contributed by atoms with Gasteiger partial charge in [-0.2, -0.15) is 0 Å². The second-order valence-corrected chi connectivity index (χ2v) is 5.50. The molecule has 2 rings (SSSR count). The van der Waals surface area contributed by atoms with Crippen molar-refractivity contribution in [3.63, 3.8) is 0 Å². The molecule has 1 heterocycles.